The second-order valence-corrected chi connectivity index (χ2v) is 5.76. The van der Waals surface area contributed by atoms with Gasteiger partial charge in [-0.05, 0) is 42.0 Å². The normalized spacial score (nSPS) is 10.2. The van der Waals surface area contributed by atoms with Gasteiger partial charge < -0.3 is 15.8 Å². The number of carbonyl (C=O) groups excluding carboxylic acids is 1. The van der Waals surface area contributed by atoms with Crippen molar-refractivity contribution in [3.63, 3.8) is 0 Å². The Morgan fingerprint density at radius 1 is 1.30 bits per heavy atom. The molecule has 0 radical (unpaired) electrons. The molecule has 1 amide bonds. The van der Waals surface area contributed by atoms with E-state index in [0.29, 0.717) is 27.8 Å². The minimum Gasteiger partial charge on any atom is -0.482 e. The van der Waals surface area contributed by atoms with Gasteiger partial charge in [0.15, 0.2) is 11.7 Å². The van der Waals surface area contributed by atoms with Crippen molar-refractivity contribution in [3.8, 4) is 5.75 Å². The standard InChI is InChI=1S/C15H13Cl2N3O2S/c16-11-4-5-12(22-8-13(21)20-15(18)23)14(17)10(11)7-9-3-1-2-6-19-9/h1-6H,7-8H2,(H3,18,20,21,23). The van der Waals surface area contributed by atoms with E-state index in [2.05, 4.69) is 22.5 Å². The predicted octanol–water partition coefficient (Wildman–Crippen LogP) is 2.72. The van der Waals surface area contributed by atoms with Crippen LogP contribution in [0.2, 0.25) is 10.0 Å². The smallest absolute Gasteiger partial charge is 0.264 e. The van der Waals surface area contributed by atoms with E-state index in [4.69, 9.17) is 33.7 Å². The van der Waals surface area contributed by atoms with Crippen LogP contribution in [-0.2, 0) is 11.2 Å². The van der Waals surface area contributed by atoms with Gasteiger partial charge in [-0.25, -0.2) is 0 Å². The fourth-order valence-corrected chi connectivity index (χ4v) is 2.52. The SMILES string of the molecule is NC(=S)NC(=O)COc1ccc(Cl)c(Cc2ccccn2)c1Cl. The molecule has 0 saturated carbocycles. The van der Waals surface area contributed by atoms with Gasteiger partial charge in [-0.15, -0.1) is 0 Å². The van der Waals surface area contributed by atoms with Crippen LogP contribution in [0, 0.1) is 0 Å². The molecule has 5 nitrogen and oxygen atoms in total. The number of nitrogens with zero attached hydrogens (tertiary/aromatic N) is 1. The van der Waals surface area contributed by atoms with Crippen LogP contribution in [0.25, 0.3) is 0 Å². The lowest BCUT2D eigenvalue weighted by Gasteiger charge is -2.12. The zero-order chi connectivity index (χ0) is 16.8. The largest absolute Gasteiger partial charge is 0.482 e. The first-order valence-electron chi connectivity index (χ1n) is 6.56. The van der Waals surface area contributed by atoms with Crippen LogP contribution in [-0.4, -0.2) is 22.6 Å². The molecule has 3 N–H and O–H groups in total. The van der Waals surface area contributed by atoms with Gasteiger partial charge in [0.2, 0.25) is 0 Å². The van der Waals surface area contributed by atoms with Crippen molar-refractivity contribution in [2.75, 3.05) is 6.61 Å². The third-order valence-electron chi connectivity index (χ3n) is 2.86. The van der Waals surface area contributed by atoms with Crippen LogP contribution < -0.4 is 15.8 Å². The first kappa shape index (κ1) is 17.5. The number of aromatic nitrogens is 1. The topological polar surface area (TPSA) is 77.2 Å². The maximum atomic E-state index is 11.5. The first-order valence-corrected chi connectivity index (χ1v) is 7.72. The molecule has 120 valence electrons. The second kappa shape index (κ2) is 8.10. The molecular formula is C15H13Cl2N3O2S. The zero-order valence-corrected chi connectivity index (χ0v) is 14.2. The van der Waals surface area contributed by atoms with E-state index >= 15 is 0 Å². The second-order valence-electron chi connectivity index (χ2n) is 4.54. The Bertz CT molecular complexity index is 726. The summed E-state index contributed by atoms with van der Waals surface area (Å²) in [5.74, 6) is -0.116. The maximum Gasteiger partial charge on any atom is 0.264 e. The number of pyridine rings is 1. The van der Waals surface area contributed by atoms with Crippen LogP contribution in [0.4, 0.5) is 0 Å². The number of benzene rings is 1. The molecule has 1 aromatic carbocycles. The summed E-state index contributed by atoms with van der Waals surface area (Å²) in [6, 6.07) is 8.83. The lowest BCUT2D eigenvalue weighted by Crippen LogP contribution is -2.37. The lowest BCUT2D eigenvalue weighted by molar-refractivity contribution is -0.121. The fraction of sp³-hybridized carbons (Fsp3) is 0.133. The molecule has 0 aliphatic heterocycles. The van der Waals surface area contributed by atoms with Gasteiger partial charge >= 0.3 is 0 Å². The fourth-order valence-electron chi connectivity index (χ4n) is 1.85. The van der Waals surface area contributed by atoms with Crippen molar-refractivity contribution in [3.05, 3.63) is 57.8 Å². The van der Waals surface area contributed by atoms with E-state index < -0.39 is 5.91 Å². The molecular weight excluding hydrogens is 357 g/mol. The highest BCUT2D eigenvalue weighted by molar-refractivity contribution is 7.80. The van der Waals surface area contributed by atoms with Crippen LogP contribution >= 0.6 is 35.4 Å². The highest BCUT2D eigenvalue weighted by Crippen LogP contribution is 2.34. The quantitative estimate of drug-likeness (QED) is 0.792. The highest BCUT2D eigenvalue weighted by atomic mass is 35.5. The van der Waals surface area contributed by atoms with E-state index in [-0.39, 0.29) is 11.7 Å². The Balaban J connectivity index is 2.15. The van der Waals surface area contributed by atoms with Crippen LogP contribution in [0.1, 0.15) is 11.3 Å². The Hall–Kier alpha value is -1.89. The summed E-state index contributed by atoms with van der Waals surface area (Å²) in [6.45, 7) is -0.262. The molecule has 0 fully saturated rings. The Labute approximate surface area is 148 Å². The number of nitrogens with one attached hydrogen (secondary N) is 1. The van der Waals surface area contributed by atoms with Gasteiger partial charge in [0.05, 0.1) is 5.02 Å². The van der Waals surface area contributed by atoms with Gasteiger partial charge in [-0.1, -0.05) is 29.3 Å². The maximum absolute atomic E-state index is 11.5. The molecule has 2 rings (SSSR count). The van der Waals surface area contributed by atoms with Crippen LogP contribution in [0.15, 0.2) is 36.5 Å². The van der Waals surface area contributed by atoms with Gasteiger partial charge in [-0.2, -0.15) is 0 Å². The van der Waals surface area contributed by atoms with Gasteiger partial charge in [0.25, 0.3) is 5.91 Å². The Morgan fingerprint density at radius 2 is 2.09 bits per heavy atom. The number of hydrogen-bond donors (Lipinski definition) is 2. The highest BCUT2D eigenvalue weighted by Gasteiger charge is 2.14. The minimum absolute atomic E-state index is 0.114. The number of carbonyl (C=O) groups is 1. The third kappa shape index (κ3) is 5.06. The van der Waals surface area contributed by atoms with Crippen molar-refractivity contribution < 1.29 is 9.53 Å². The molecule has 0 saturated heterocycles. The van der Waals surface area contributed by atoms with Crippen molar-refractivity contribution in [2.45, 2.75) is 6.42 Å². The molecule has 0 atom stereocenters. The molecule has 1 aromatic heterocycles. The summed E-state index contributed by atoms with van der Waals surface area (Å²) in [5.41, 5.74) is 6.71. The summed E-state index contributed by atoms with van der Waals surface area (Å²) in [5, 5.41) is 2.99. The average molecular weight is 370 g/mol. The Morgan fingerprint density at radius 3 is 2.74 bits per heavy atom. The zero-order valence-electron chi connectivity index (χ0n) is 11.9. The number of hydrogen-bond acceptors (Lipinski definition) is 4. The van der Waals surface area contributed by atoms with E-state index in [1.165, 1.54) is 0 Å². The third-order valence-corrected chi connectivity index (χ3v) is 3.73. The van der Waals surface area contributed by atoms with Crippen molar-refractivity contribution in [1.29, 1.82) is 0 Å². The molecule has 2 aromatic rings. The summed E-state index contributed by atoms with van der Waals surface area (Å²) in [6.07, 6.45) is 2.15. The van der Waals surface area contributed by atoms with Gasteiger partial charge in [-0.3, -0.25) is 9.78 Å². The summed E-state index contributed by atoms with van der Waals surface area (Å²) in [4.78, 5) is 15.7. The van der Waals surface area contributed by atoms with Crippen molar-refractivity contribution >= 4 is 46.4 Å². The van der Waals surface area contributed by atoms with Gasteiger partial charge in [0.1, 0.15) is 5.75 Å². The summed E-state index contributed by atoms with van der Waals surface area (Å²) < 4.78 is 5.39. The van der Waals surface area contributed by atoms with Crippen LogP contribution in [0.5, 0.6) is 5.75 Å². The van der Waals surface area contributed by atoms with E-state index in [0.717, 1.165) is 5.69 Å². The number of halogens is 2. The number of thiocarbonyl (C=S) groups is 1. The van der Waals surface area contributed by atoms with Crippen molar-refractivity contribution in [2.24, 2.45) is 5.73 Å². The van der Waals surface area contributed by atoms with Gasteiger partial charge in [0, 0.05) is 23.3 Å². The molecule has 0 aliphatic carbocycles. The van der Waals surface area contributed by atoms with Crippen molar-refractivity contribution in [1.82, 2.24) is 10.3 Å². The molecule has 0 unspecified atom stereocenters. The number of rotatable bonds is 5. The number of nitrogens with two attached hydrogens (primary N) is 1. The van der Waals surface area contributed by atoms with E-state index in [1.54, 1.807) is 18.3 Å². The number of ether oxygens (including phenoxy) is 1. The molecule has 8 heteroatoms. The molecule has 23 heavy (non-hydrogen) atoms. The van der Waals surface area contributed by atoms with E-state index in [9.17, 15) is 4.79 Å². The average Bonchev–Trinajstić information content (AvgIpc) is 2.51. The van der Waals surface area contributed by atoms with Crippen LogP contribution in [0.3, 0.4) is 0 Å². The molecule has 0 spiro atoms. The lowest BCUT2D eigenvalue weighted by atomic mass is 10.1. The minimum atomic E-state index is -0.463. The number of amides is 1. The summed E-state index contributed by atoms with van der Waals surface area (Å²) in [7, 11) is 0. The Kier molecular flexibility index (Phi) is 6.15. The predicted molar refractivity (Wildman–Crippen MR) is 93.9 cm³/mol. The molecule has 1 heterocycles. The van der Waals surface area contributed by atoms with E-state index in [1.807, 2.05) is 18.2 Å². The molecule has 0 bridgehead atoms. The first-order chi connectivity index (χ1) is 11.0. The molecule has 0 aliphatic rings. The monoisotopic (exact) mass is 369 g/mol. The summed E-state index contributed by atoms with van der Waals surface area (Å²) >= 11 is 17.1.